The van der Waals surface area contributed by atoms with E-state index in [2.05, 4.69) is 14.8 Å². The molecule has 4 rings (SSSR count). The molecular weight excluding hydrogens is 676 g/mol. The molecule has 4 aromatic rings. The number of halogens is 10. The first-order chi connectivity index (χ1) is 22.9. The van der Waals surface area contributed by atoms with E-state index in [1.807, 2.05) is 0 Å². The fourth-order valence-corrected chi connectivity index (χ4v) is 4.84. The lowest BCUT2D eigenvalue weighted by Gasteiger charge is -2.37. The van der Waals surface area contributed by atoms with Crippen LogP contribution >= 0.6 is 0 Å². The number of esters is 1. The Bertz CT molecular complexity index is 1860. The smallest absolute Gasteiger partial charge is 0.461 e. The van der Waals surface area contributed by atoms with Crippen LogP contribution in [0.15, 0.2) is 91.0 Å². The molecule has 0 heterocycles. The Morgan fingerprint density at radius 3 is 2.12 bits per heavy atom. The fraction of sp³-hybridized carbons (Fsp3) is 0.176. The number of nitrogens with one attached hydrogen (secondary N) is 1. The van der Waals surface area contributed by atoms with Gasteiger partial charge in [-0.3, -0.25) is 4.79 Å². The number of methoxy groups -OCH3 is 1. The summed E-state index contributed by atoms with van der Waals surface area (Å²) >= 11 is 0. The van der Waals surface area contributed by atoms with Crippen LogP contribution in [0.25, 0.3) is 6.08 Å². The van der Waals surface area contributed by atoms with Gasteiger partial charge in [-0.05, 0) is 65.2 Å². The van der Waals surface area contributed by atoms with Crippen molar-refractivity contribution < 1.29 is 63.0 Å². The molecule has 258 valence electrons. The summed E-state index contributed by atoms with van der Waals surface area (Å²) in [6.45, 7) is 0. The third kappa shape index (κ3) is 8.58. The van der Waals surface area contributed by atoms with Crippen LogP contribution in [0.5, 0.6) is 5.75 Å². The summed E-state index contributed by atoms with van der Waals surface area (Å²) in [5, 5.41) is 2.46. The van der Waals surface area contributed by atoms with E-state index in [1.54, 1.807) is 6.07 Å². The average Bonchev–Trinajstić information content (AvgIpc) is 3.03. The Morgan fingerprint density at radius 1 is 0.816 bits per heavy atom. The number of benzene rings is 4. The van der Waals surface area contributed by atoms with Gasteiger partial charge < -0.3 is 14.8 Å². The second kappa shape index (κ2) is 14.4. The Hall–Kier alpha value is -5.34. The Kier molecular flexibility index (Phi) is 10.7. The molecule has 0 aliphatic rings. The van der Waals surface area contributed by atoms with Gasteiger partial charge in [0.05, 0.1) is 18.2 Å². The van der Waals surface area contributed by atoms with Crippen LogP contribution in [0, 0.1) is 17.5 Å². The molecule has 1 amide bonds. The van der Waals surface area contributed by atoms with E-state index in [0.29, 0.717) is 35.9 Å². The predicted octanol–water partition coefficient (Wildman–Crippen LogP) is 8.46. The summed E-state index contributed by atoms with van der Waals surface area (Å²) in [6, 6.07) is 13.7. The SMILES string of the molecule is COC(=O)/C=C/c1cc([C@@](Cc2ccccc2)(NC(=O)c2ccc(F)c(C(F)(F)F)c2)c2cc(F)cc(OC(F)(F)C(F)F)c2)ccc1F. The summed E-state index contributed by atoms with van der Waals surface area (Å²) in [4.78, 5) is 25.5. The van der Waals surface area contributed by atoms with E-state index in [9.17, 15) is 49.1 Å². The van der Waals surface area contributed by atoms with Crippen molar-refractivity contribution in [2.24, 2.45) is 0 Å². The highest BCUT2D eigenvalue weighted by molar-refractivity contribution is 5.95. The number of ether oxygens (including phenoxy) is 2. The van der Waals surface area contributed by atoms with Crippen LogP contribution < -0.4 is 10.1 Å². The Balaban J connectivity index is 2.04. The van der Waals surface area contributed by atoms with Crippen molar-refractivity contribution in [1.82, 2.24) is 5.32 Å². The topological polar surface area (TPSA) is 64.6 Å². The molecular formula is C34H23F10NO4. The van der Waals surface area contributed by atoms with Crippen molar-refractivity contribution in [1.29, 1.82) is 0 Å². The van der Waals surface area contributed by atoms with Crippen molar-refractivity contribution in [2.75, 3.05) is 7.11 Å². The van der Waals surface area contributed by atoms with Gasteiger partial charge in [0.25, 0.3) is 5.91 Å². The van der Waals surface area contributed by atoms with E-state index in [4.69, 9.17) is 0 Å². The normalized spacial score (nSPS) is 13.3. The molecule has 0 bridgehead atoms. The van der Waals surface area contributed by atoms with Crippen LogP contribution in [-0.2, 0) is 27.7 Å². The zero-order valence-corrected chi connectivity index (χ0v) is 24.9. The third-order valence-electron chi connectivity index (χ3n) is 7.13. The fourth-order valence-electron chi connectivity index (χ4n) is 4.84. The lowest BCUT2D eigenvalue weighted by atomic mass is 9.77. The molecule has 0 saturated heterocycles. The maximum absolute atomic E-state index is 15.2. The van der Waals surface area contributed by atoms with Crippen molar-refractivity contribution in [3.8, 4) is 5.75 Å². The van der Waals surface area contributed by atoms with Gasteiger partial charge in [-0.1, -0.05) is 36.4 Å². The molecule has 0 aromatic heterocycles. The van der Waals surface area contributed by atoms with Gasteiger partial charge >= 0.3 is 24.7 Å². The number of hydrogen-bond donors (Lipinski definition) is 1. The molecule has 49 heavy (non-hydrogen) atoms. The van der Waals surface area contributed by atoms with Crippen molar-refractivity contribution >= 4 is 18.0 Å². The van der Waals surface area contributed by atoms with Gasteiger partial charge in [0.1, 0.15) is 23.2 Å². The highest BCUT2D eigenvalue weighted by Gasteiger charge is 2.45. The maximum atomic E-state index is 15.2. The molecule has 15 heteroatoms. The van der Waals surface area contributed by atoms with E-state index in [-0.39, 0.29) is 17.2 Å². The molecule has 4 aromatic carbocycles. The van der Waals surface area contributed by atoms with E-state index in [1.165, 1.54) is 24.3 Å². The third-order valence-corrected chi connectivity index (χ3v) is 7.13. The van der Waals surface area contributed by atoms with E-state index < -0.39 is 82.4 Å². The van der Waals surface area contributed by atoms with Crippen molar-refractivity contribution in [3.63, 3.8) is 0 Å². The molecule has 0 radical (unpaired) electrons. The van der Waals surface area contributed by atoms with Crippen LogP contribution in [0.2, 0.25) is 0 Å². The van der Waals surface area contributed by atoms with Gasteiger partial charge in [-0.2, -0.15) is 30.7 Å². The van der Waals surface area contributed by atoms with Gasteiger partial charge in [-0.25, -0.2) is 18.0 Å². The quantitative estimate of drug-likeness (QED) is 0.0970. The first-order valence-corrected chi connectivity index (χ1v) is 13.9. The predicted molar refractivity (Wildman–Crippen MR) is 155 cm³/mol. The summed E-state index contributed by atoms with van der Waals surface area (Å²) in [5.41, 5.74) is -5.43. The number of amides is 1. The Labute approximate surface area is 271 Å². The first kappa shape index (κ1) is 36.5. The summed E-state index contributed by atoms with van der Waals surface area (Å²) in [5.74, 6) is -7.34. The van der Waals surface area contributed by atoms with Gasteiger partial charge in [0.15, 0.2) is 0 Å². The lowest BCUT2D eigenvalue weighted by molar-refractivity contribution is -0.253. The van der Waals surface area contributed by atoms with Crippen LogP contribution in [0.3, 0.4) is 0 Å². The lowest BCUT2D eigenvalue weighted by Crippen LogP contribution is -2.49. The largest absolute Gasteiger partial charge is 0.466 e. The minimum Gasteiger partial charge on any atom is -0.466 e. The molecule has 5 nitrogen and oxygen atoms in total. The number of rotatable bonds is 11. The summed E-state index contributed by atoms with van der Waals surface area (Å²) < 4.78 is 147. The summed E-state index contributed by atoms with van der Waals surface area (Å²) in [6.07, 6.45) is -13.3. The monoisotopic (exact) mass is 699 g/mol. The minimum absolute atomic E-state index is 0.161. The van der Waals surface area contributed by atoms with Crippen LogP contribution in [0.1, 0.15) is 38.2 Å². The molecule has 0 aliphatic heterocycles. The zero-order valence-electron chi connectivity index (χ0n) is 24.9. The average molecular weight is 700 g/mol. The minimum atomic E-state index is -5.23. The second-order valence-electron chi connectivity index (χ2n) is 10.4. The highest BCUT2D eigenvalue weighted by Crippen LogP contribution is 2.39. The maximum Gasteiger partial charge on any atom is 0.461 e. The van der Waals surface area contributed by atoms with Gasteiger partial charge in [0, 0.05) is 29.7 Å². The van der Waals surface area contributed by atoms with Gasteiger partial charge in [-0.15, -0.1) is 0 Å². The molecule has 1 N–H and O–H groups in total. The first-order valence-electron chi connectivity index (χ1n) is 13.9. The van der Waals surface area contributed by atoms with Crippen LogP contribution in [0.4, 0.5) is 43.9 Å². The number of hydrogen-bond acceptors (Lipinski definition) is 4. The van der Waals surface area contributed by atoms with Crippen LogP contribution in [-0.4, -0.2) is 31.5 Å². The molecule has 0 fully saturated rings. The molecule has 1 atom stereocenters. The van der Waals surface area contributed by atoms with E-state index >= 15 is 4.39 Å². The number of carbonyl (C=O) groups is 2. The molecule has 0 saturated carbocycles. The Morgan fingerprint density at radius 2 is 1.49 bits per heavy atom. The van der Waals surface area contributed by atoms with Crippen molar-refractivity contribution in [3.05, 3.63) is 142 Å². The highest BCUT2D eigenvalue weighted by atomic mass is 19.4. The summed E-state index contributed by atoms with van der Waals surface area (Å²) in [7, 11) is 1.04. The molecule has 0 unspecified atom stereocenters. The standard InChI is InChI=1S/C34H23F10NO4/c1-48-29(46)12-8-20-13-22(9-11-27(20)36)32(18-19-5-3-2-4-6-19,23-15-24(35)17-25(16-23)49-34(43,44)31(38)39)45-30(47)21-7-10-28(37)26(14-21)33(40,41)42/h2-17,31H,18H2,1H3,(H,45,47)/b12-8+/t32-/m1/s1. The molecule has 0 aliphatic carbocycles. The molecule has 0 spiro atoms. The second-order valence-corrected chi connectivity index (χ2v) is 10.4. The number of carbonyl (C=O) groups excluding carboxylic acids is 2. The number of alkyl halides is 7. The zero-order chi connectivity index (χ0) is 36.1. The van der Waals surface area contributed by atoms with E-state index in [0.717, 1.165) is 37.5 Å². The van der Waals surface area contributed by atoms with Gasteiger partial charge in [0.2, 0.25) is 0 Å². The van der Waals surface area contributed by atoms with Crippen molar-refractivity contribution in [2.45, 2.75) is 30.7 Å².